The maximum atomic E-state index is 12.6. The SMILES string of the molecule is CN1C(=NC2CCCCCC2)SCC1CC(=O)Nc1ccc(Oc2ccccc2)cc1.Cl. The number of thioether (sulfide) groups is 1. The minimum absolute atomic E-state index is 0. The maximum Gasteiger partial charge on any atom is 0.226 e. The number of nitrogens with zero attached hydrogens (tertiary/aromatic N) is 2. The Morgan fingerprint density at radius 1 is 1.03 bits per heavy atom. The van der Waals surface area contributed by atoms with Crippen molar-refractivity contribution in [3.8, 4) is 11.5 Å². The van der Waals surface area contributed by atoms with Gasteiger partial charge in [0.2, 0.25) is 5.91 Å². The number of amidine groups is 1. The number of hydrogen-bond acceptors (Lipinski definition) is 4. The van der Waals surface area contributed by atoms with E-state index in [2.05, 4.69) is 17.3 Å². The Labute approximate surface area is 201 Å². The first-order valence-electron chi connectivity index (χ1n) is 11.2. The Hall–Kier alpha value is -2.18. The number of anilines is 1. The van der Waals surface area contributed by atoms with Crippen LogP contribution >= 0.6 is 24.2 Å². The number of carbonyl (C=O) groups excluding carboxylic acids is 1. The second-order valence-electron chi connectivity index (χ2n) is 8.32. The molecule has 2 aliphatic rings. The van der Waals surface area contributed by atoms with Gasteiger partial charge in [-0.3, -0.25) is 9.79 Å². The number of carbonyl (C=O) groups is 1. The van der Waals surface area contributed by atoms with Gasteiger partial charge in [0.25, 0.3) is 0 Å². The first-order valence-corrected chi connectivity index (χ1v) is 12.2. The van der Waals surface area contributed by atoms with E-state index in [0.29, 0.717) is 12.5 Å². The van der Waals surface area contributed by atoms with Crippen LogP contribution in [-0.2, 0) is 4.79 Å². The van der Waals surface area contributed by atoms with E-state index in [-0.39, 0.29) is 24.4 Å². The van der Waals surface area contributed by atoms with Crippen molar-refractivity contribution in [1.29, 1.82) is 0 Å². The molecule has 1 aliphatic heterocycles. The fourth-order valence-corrected chi connectivity index (χ4v) is 5.32. The third-order valence-corrected chi connectivity index (χ3v) is 7.11. The lowest BCUT2D eigenvalue weighted by Gasteiger charge is -2.21. The van der Waals surface area contributed by atoms with Gasteiger partial charge < -0.3 is 15.0 Å². The quantitative estimate of drug-likeness (QED) is 0.496. The largest absolute Gasteiger partial charge is 0.457 e. The number of amides is 1. The van der Waals surface area contributed by atoms with Crippen LogP contribution in [0.3, 0.4) is 0 Å². The van der Waals surface area contributed by atoms with Gasteiger partial charge in [0.05, 0.1) is 6.04 Å². The van der Waals surface area contributed by atoms with Crippen LogP contribution < -0.4 is 10.1 Å². The Morgan fingerprint density at radius 2 is 1.69 bits per heavy atom. The minimum atomic E-state index is 0. The lowest BCUT2D eigenvalue weighted by atomic mass is 10.1. The molecule has 7 heteroatoms. The molecule has 5 nitrogen and oxygen atoms in total. The number of hydrogen-bond donors (Lipinski definition) is 1. The highest BCUT2D eigenvalue weighted by Crippen LogP contribution is 2.28. The van der Waals surface area contributed by atoms with E-state index in [4.69, 9.17) is 9.73 Å². The summed E-state index contributed by atoms with van der Waals surface area (Å²) in [6.45, 7) is 0. The predicted molar refractivity (Wildman–Crippen MR) is 136 cm³/mol. The highest BCUT2D eigenvalue weighted by molar-refractivity contribution is 8.14. The van der Waals surface area contributed by atoms with E-state index in [1.165, 1.54) is 38.5 Å². The number of benzene rings is 2. The fourth-order valence-electron chi connectivity index (χ4n) is 4.06. The van der Waals surface area contributed by atoms with Gasteiger partial charge in [-0.25, -0.2) is 0 Å². The molecule has 1 N–H and O–H groups in total. The molecule has 32 heavy (non-hydrogen) atoms. The number of rotatable bonds is 6. The molecular formula is C25H32ClN3O2S. The summed E-state index contributed by atoms with van der Waals surface area (Å²) in [5.41, 5.74) is 0.783. The Balaban J connectivity index is 0.00000289. The van der Waals surface area contributed by atoms with Crippen LogP contribution in [-0.4, -0.2) is 40.9 Å². The number of nitrogens with one attached hydrogen (secondary N) is 1. The smallest absolute Gasteiger partial charge is 0.226 e. The monoisotopic (exact) mass is 473 g/mol. The summed E-state index contributed by atoms with van der Waals surface area (Å²) in [4.78, 5) is 19.8. The Morgan fingerprint density at radius 3 is 2.38 bits per heavy atom. The molecule has 0 bridgehead atoms. The number of halogens is 1. The Kier molecular flexibility index (Phi) is 9.30. The lowest BCUT2D eigenvalue weighted by Crippen LogP contribution is -2.34. The van der Waals surface area contributed by atoms with E-state index in [0.717, 1.165) is 28.1 Å². The van der Waals surface area contributed by atoms with E-state index >= 15 is 0 Å². The van der Waals surface area contributed by atoms with Crippen molar-refractivity contribution in [3.63, 3.8) is 0 Å². The molecule has 1 saturated heterocycles. The van der Waals surface area contributed by atoms with Crippen LogP contribution in [0.1, 0.15) is 44.9 Å². The molecular weight excluding hydrogens is 442 g/mol. The lowest BCUT2D eigenvalue weighted by molar-refractivity contribution is -0.116. The first kappa shape index (κ1) is 24.5. The van der Waals surface area contributed by atoms with Crippen molar-refractivity contribution in [2.24, 2.45) is 4.99 Å². The molecule has 0 radical (unpaired) electrons. The molecule has 0 spiro atoms. The molecule has 1 atom stereocenters. The van der Waals surface area contributed by atoms with Crippen molar-refractivity contribution < 1.29 is 9.53 Å². The van der Waals surface area contributed by atoms with Crippen molar-refractivity contribution in [2.75, 3.05) is 18.1 Å². The molecule has 2 fully saturated rings. The summed E-state index contributed by atoms with van der Waals surface area (Å²) in [5, 5.41) is 4.12. The molecule has 2 aromatic carbocycles. The summed E-state index contributed by atoms with van der Waals surface area (Å²) >= 11 is 1.79. The highest BCUT2D eigenvalue weighted by atomic mass is 35.5. The van der Waals surface area contributed by atoms with E-state index in [1.807, 2.05) is 54.6 Å². The standard InChI is InChI=1S/C25H31N3O2S.ClH/c1-28-21(18-31-25(28)27-19-9-5-2-3-6-10-19)17-24(29)26-20-13-15-23(16-14-20)30-22-11-7-4-8-12-22;/h4,7-8,11-16,19,21H,2-3,5-6,9-10,17-18H2,1H3,(H,26,29);1H. The second-order valence-corrected chi connectivity index (χ2v) is 9.31. The summed E-state index contributed by atoms with van der Waals surface area (Å²) in [6.07, 6.45) is 8.13. The van der Waals surface area contributed by atoms with Crippen LogP contribution in [0.25, 0.3) is 0 Å². The summed E-state index contributed by atoms with van der Waals surface area (Å²) in [5.74, 6) is 2.49. The maximum absolute atomic E-state index is 12.6. The van der Waals surface area contributed by atoms with Crippen LogP contribution in [0.15, 0.2) is 59.6 Å². The fraction of sp³-hybridized carbons (Fsp3) is 0.440. The third-order valence-electron chi connectivity index (χ3n) is 5.91. The van der Waals surface area contributed by atoms with Crippen molar-refractivity contribution in [1.82, 2.24) is 4.90 Å². The van der Waals surface area contributed by atoms with E-state index in [1.54, 1.807) is 11.8 Å². The molecule has 4 rings (SSSR count). The van der Waals surface area contributed by atoms with Crippen LogP contribution in [0.2, 0.25) is 0 Å². The van der Waals surface area contributed by atoms with Gasteiger partial charge in [0.15, 0.2) is 5.17 Å². The topological polar surface area (TPSA) is 53.9 Å². The number of ether oxygens (including phenoxy) is 1. The zero-order valence-corrected chi connectivity index (χ0v) is 20.2. The zero-order valence-electron chi connectivity index (χ0n) is 18.5. The number of aliphatic imine (C=N–C) groups is 1. The minimum Gasteiger partial charge on any atom is -0.457 e. The third kappa shape index (κ3) is 6.91. The van der Waals surface area contributed by atoms with E-state index < -0.39 is 0 Å². The van der Waals surface area contributed by atoms with Crippen LogP contribution in [0.4, 0.5) is 5.69 Å². The van der Waals surface area contributed by atoms with Gasteiger partial charge in [-0.15, -0.1) is 12.4 Å². The first-order chi connectivity index (χ1) is 15.2. The molecule has 1 unspecified atom stereocenters. The second kappa shape index (κ2) is 12.2. The molecule has 1 aliphatic carbocycles. The van der Waals surface area contributed by atoms with Gasteiger partial charge in [-0.05, 0) is 49.2 Å². The summed E-state index contributed by atoms with van der Waals surface area (Å²) < 4.78 is 5.81. The molecule has 1 saturated carbocycles. The van der Waals surface area contributed by atoms with Gasteiger partial charge in [0.1, 0.15) is 11.5 Å². The molecule has 172 valence electrons. The van der Waals surface area contributed by atoms with E-state index in [9.17, 15) is 4.79 Å². The van der Waals surface area contributed by atoms with Crippen molar-refractivity contribution >= 4 is 40.9 Å². The summed E-state index contributed by atoms with van der Waals surface area (Å²) in [6, 6.07) is 17.8. The van der Waals surface area contributed by atoms with Gasteiger partial charge in [0, 0.05) is 31.0 Å². The normalized spacial score (nSPS) is 20.5. The molecule has 1 heterocycles. The molecule has 0 aromatic heterocycles. The zero-order chi connectivity index (χ0) is 21.5. The van der Waals surface area contributed by atoms with Crippen LogP contribution in [0.5, 0.6) is 11.5 Å². The molecule has 1 amide bonds. The number of para-hydroxylation sites is 1. The average molecular weight is 474 g/mol. The summed E-state index contributed by atoms with van der Waals surface area (Å²) in [7, 11) is 2.07. The Bertz CT molecular complexity index is 884. The molecule has 2 aromatic rings. The van der Waals surface area contributed by atoms with Gasteiger partial charge >= 0.3 is 0 Å². The van der Waals surface area contributed by atoms with Gasteiger partial charge in [-0.1, -0.05) is 55.6 Å². The van der Waals surface area contributed by atoms with Crippen LogP contribution in [0, 0.1) is 0 Å². The van der Waals surface area contributed by atoms with Crippen molar-refractivity contribution in [3.05, 3.63) is 54.6 Å². The van der Waals surface area contributed by atoms with Crippen molar-refractivity contribution in [2.45, 2.75) is 57.0 Å². The highest BCUT2D eigenvalue weighted by Gasteiger charge is 2.29. The average Bonchev–Trinajstić information content (AvgIpc) is 2.96. The predicted octanol–water partition coefficient (Wildman–Crippen LogP) is 6.36. The van der Waals surface area contributed by atoms with Gasteiger partial charge in [-0.2, -0.15) is 0 Å².